The van der Waals surface area contributed by atoms with Gasteiger partial charge in [0.15, 0.2) is 18.1 Å². The molecule has 0 spiro atoms. The molecule has 0 unspecified atom stereocenters. The Hall–Kier alpha value is -3.02. The molecule has 0 heterocycles. The van der Waals surface area contributed by atoms with Gasteiger partial charge in [0.05, 0.1) is 19.3 Å². The molecule has 0 aromatic heterocycles. The number of ether oxygens (including phenoxy) is 3. The van der Waals surface area contributed by atoms with E-state index < -0.39 is 5.97 Å². The first-order valence-corrected chi connectivity index (χ1v) is 10.4. The van der Waals surface area contributed by atoms with Crippen LogP contribution in [-0.2, 0) is 22.4 Å². The number of anilines is 1. The van der Waals surface area contributed by atoms with Gasteiger partial charge in [-0.15, -0.1) is 0 Å². The summed E-state index contributed by atoms with van der Waals surface area (Å²) in [5.41, 5.74) is 3.63. The van der Waals surface area contributed by atoms with Crippen LogP contribution in [0, 0.1) is 5.92 Å². The van der Waals surface area contributed by atoms with Crippen molar-refractivity contribution in [3.05, 3.63) is 53.1 Å². The summed E-state index contributed by atoms with van der Waals surface area (Å²) in [6.45, 7) is 4.46. The molecule has 1 amide bonds. The first kappa shape index (κ1) is 21.7. The summed E-state index contributed by atoms with van der Waals surface area (Å²) < 4.78 is 16.2. The van der Waals surface area contributed by atoms with E-state index in [0.717, 1.165) is 31.4 Å². The molecule has 0 aliphatic heterocycles. The van der Waals surface area contributed by atoms with Crippen LogP contribution in [0.1, 0.15) is 48.2 Å². The molecule has 0 saturated heterocycles. The molecule has 0 radical (unpaired) electrons. The summed E-state index contributed by atoms with van der Waals surface area (Å²) in [5, 5.41) is 2.78. The standard InChI is InChI=1S/C24H29NO5/c1-16(2)11-12-29-21-10-8-19(14-22(21)28-3)24(27)30-15-23(26)25-20-9-7-17-5-4-6-18(17)13-20/h7-10,13-14,16H,4-6,11-12,15H2,1-3H3,(H,25,26). The predicted octanol–water partition coefficient (Wildman–Crippen LogP) is 4.40. The van der Waals surface area contributed by atoms with Gasteiger partial charge in [0.1, 0.15) is 0 Å². The number of amides is 1. The molecule has 1 aliphatic carbocycles. The van der Waals surface area contributed by atoms with E-state index in [1.54, 1.807) is 18.2 Å². The van der Waals surface area contributed by atoms with E-state index in [1.165, 1.54) is 18.2 Å². The third kappa shape index (κ3) is 5.75. The molecule has 30 heavy (non-hydrogen) atoms. The quantitative estimate of drug-likeness (QED) is 0.619. The van der Waals surface area contributed by atoms with Gasteiger partial charge >= 0.3 is 5.97 Å². The summed E-state index contributed by atoms with van der Waals surface area (Å²) in [4.78, 5) is 24.5. The van der Waals surface area contributed by atoms with Crippen molar-refractivity contribution in [1.82, 2.24) is 0 Å². The number of methoxy groups -OCH3 is 1. The highest BCUT2D eigenvalue weighted by atomic mass is 16.5. The lowest BCUT2D eigenvalue weighted by Crippen LogP contribution is -2.21. The third-order valence-electron chi connectivity index (χ3n) is 5.07. The smallest absolute Gasteiger partial charge is 0.338 e. The van der Waals surface area contributed by atoms with Crippen molar-refractivity contribution in [3.8, 4) is 11.5 Å². The SMILES string of the molecule is COc1cc(C(=O)OCC(=O)Nc2ccc3c(c2)CCC3)ccc1OCCC(C)C. The minimum Gasteiger partial charge on any atom is -0.493 e. The minimum absolute atomic E-state index is 0.299. The molecule has 0 saturated carbocycles. The zero-order valence-electron chi connectivity index (χ0n) is 17.8. The van der Waals surface area contributed by atoms with E-state index in [9.17, 15) is 9.59 Å². The van der Waals surface area contributed by atoms with Crippen LogP contribution in [-0.4, -0.2) is 32.2 Å². The number of aryl methyl sites for hydroxylation is 2. The number of benzene rings is 2. The summed E-state index contributed by atoms with van der Waals surface area (Å²) in [5.74, 6) is 0.598. The molecular formula is C24H29NO5. The first-order chi connectivity index (χ1) is 14.5. The van der Waals surface area contributed by atoms with E-state index in [-0.39, 0.29) is 12.5 Å². The third-order valence-corrected chi connectivity index (χ3v) is 5.07. The molecule has 160 valence electrons. The Morgan fingerprint density at radius 3 is 2.60 bits per heavy atom. The van der Waals surface area contributed by atoms with Gasteiger partial charge in [-0.25, -0.2) is 4.79 Å². The molecule has 0 atom stereocenters. The van der Waals surface area contributed by atoms with Crippen molar-refractivity contribution >= 4 is 17.6 Å². The summed E-state index contributed by atoms with van der Waals surface area (Å²) in [7, 11) is 1.52. The van der Waals surface area contributed by atoms with Gasteiger partial charge in [-0.2, -0.15) is 0 Å². The van der Waals surface area contributed by atoms with Crippen molar-refractivity contribution in [3.63, 3.8) is 0 Å². The van der Waals surface area contributed by atoms with Crippen molar-refractivity contribution in [1.29, 1.82) is 0 Å². The van der Waals surface area contributed by atoms with Crippen molar-refractivity contribution in [2.24, 2.45) is 5.92 Å². The highest BCUT2D eigenvalue weighted by Crippen LogP contribution is 2.29. The number of fused-ring (bicyclic) bond motifs is 1. The highest BCUT2D eigenvalue weighted by Gasteiger charge is 2.15. The predicted molar refractivity (Wildman–Crippen MR) is 115 cm³/mol. The minimum atomic E-state index is -0.592. The Bertz CT molecular complexity index is 906. The van der Waals surface area contributed by atoms with Crippen LogP contribution in [0.4, 0.5) is 5.69 Å². The molecule has 2 aromatic carbocycles. The Kier molecular flexibility index (Phi) is 7.33. The summed E-state index contributed by atoms with van der Waals surface area (Å²) in [6.07, 6.45) is 4.20. The fourth-order valence-corrected chi connectivity index (χ4v) is 3.38. The Labute approximate surface area is 177 Å². The molecule has 0 fully saturated rings. The van der Waals surface area contributed by atoms with Gasteiger partial charge in [0, 0.05) is 5.69 Å². The highest BCUT2D eigenvalue weighted by molar-refractivity contribution is 5.95. The van der Waals surface area contributed by atoms with Gasteiger partial charge in [0.25, 0.3) is 5.91 Å². The van der Waals surface area contributed by atoms with Gasteiger partial charge in [-0.05, 0) is 73.1 Å². The molecule has 1 aliphatic rings. The van der Waals surface area contributed by atoms with Crippen molar-refractivity contribution < 1.29 is 23.8 Å². The van der Waals surface area contributed by atoms with E-state index >= 15 is 0 Å². The zero-order chi connectivity index (χ0) is 21.5. The van der Waals surface area contributed by atoms with Crippen molar-refractivity contribution in [2.45, 2.75) is 39.5 Å². The summed E-state index contributed by atoms with van der Waals surface area (Å²) >= 11 is 0. The molecule has 3 rings (SSSR count). The van der Waals surface area contributed by atoms with Crippen LogP contribution in [0.2, 0.25) is 0 Å². The van der Waals surface area contributed by atoms with E-state index in [4.69, 9.17) is 14.2 Å². The second kappa shape index (κ2) is 10.1. The van der Waals surface area contributed by atoms with Crippen LogP contribution >= 0.6 is 0 Å². The topological polar surface area (TPSA) is 73.9 Å². The molecule has 6 heteroatoms. The van der Waals surface area contributed by atoms with Gasteiger partial charge in [-0.1, -0.05) is 19.9 Å². The van der Waals surface area contributed by atoms with Crippen LogP contribution in [0.5, 0.6) is 11.5 Å². The Balaban J connectivity index is 1.53. The summed E-state index contributed by atoms with van der Waals surface area (Å²) in [6, 6.07) is 10.8. The zero-order valence-corrected chi connectivity index (χ0v) is 17.8. The number of hydrogen-bond donors (Lipinski definition) is 1. The second-order valence-corrected chi connectivity index (χ2v) is 7.86. The van der Waals surface area contributed by atoms with Gasteiger partial charge < -0.3 is 19.5 Å². The van der Waals surface area contributed by atoms with Crippen molar-refractivity contribution in [2.75, 3.05) is 25.6 Å². The lowest BCUT2D eigenvalue weighted by Gasteiger charge is -2.13. The second-order valence-electron chi connectivity index (χ2n) is 7.86. The molecule has 0 bridgehead atoms. The maximum absolute atomic E-state index is 12.3. The molecule has 1 N–H and O–H groups in total. The number of rotatable bonds is 9. The molecule has 2 aromatic rings. The number of hydrogen-bond acceptors (Lipinski definition) is 5. The normalized spacial score (nSPS) is 12.4. The molecule has 6 nitrogen and oxygen atoms in total. The number of nitrogens with one attached hydrogen (secondary N) is 1. The van der Waals surface area contributed by atoms with Crippen LogP contribution < -0.4 is 14.8 Å². The van der Waals surface area contributed by atoms with E-state index in [2.05, 4.69) is 19.2 Å². The van der Waals surface area contributed by atoms with Crippen LogP contribution in [0.15, 0.2) is 36.4 Å². The fraction of sp³-hybridized carbons (Fsp3) is 0.417. The first-order valence-electron chi connectivity index (χ1n) is 10.4. The van der Waals surface area contributed by atoms with Gasteiger partial charge in [-0.3, -0.25) is 4.79 Å². The van der Waals surface area contributed by atoms with E-state index in [0.29, 0.717) is 29.6 Å². The average molecular weight is 411 g/mol. The number of esters is 1. The average Bonchev–Trinajstić information content (AvgIpc) is 3.19. The van der Waals surface area contributed by atoms with Crippen LogP contribution in [0.3, 0.4) is 0 Å². The number of carbonyl (C=O) groups excluding carboxylic acids is 2. The fourth-order valence-electron chi connectivity index (χ4n) is 3.38. The maximum Gasteiger partial charge on any atom is 0.338 e. The van der Waals surface area contributed by atoms with Gasteiger partial charge in [0.2, 0.25) is 0 Å². The number of carbonyl (C=O) groups is 2. The lowest BCUT2D eigenvalue weighted by molar-refractivity contribution is -0.119. The lowest BCUT2D eigenvalue weighted by atomic mass is 10.1. The monoisotopic (exact) mass is 411 g/mol. The van der Waals surface area contributed by atoms with Crippen LogP contribution in [0.25, 0.3) is 0 Å². The Morgan fingerprint density at radius 2 is 1.83 bits per heavy atom. The maximum atomic E-state index is 12.3. The van der Waals surface area contributed by atoms with E-state index in [1.807, 2.05) is 18.2 Å². The molecular weight excluding hydrogens is 382 g/mol. The Morgan fingerprint density at radius 1 is 1.03 bits per heavy atom. The largest absolute Gasteiger partial charge is 0.493 e.